The molecule has 7 heteroatoms. The molecule has 27 heavy (non-hydrogen) atoms. The van der Waals surface area contributed by atoms with E-state index in [2.05, 4.69) is 35.8 Å². The van der Waals surface area contributed by atoms with Crippen LogP contribution in [0.1, 0.15) is 44.9 Å². The third-order valence-electron chi connectivity index (χ3n) is 5.18. The van der Waals surface area contributed by atoms with Crippen molar-refractivity contribution in [3.8, 4) is 0 Å². The van der Waals surface area contributed by atoms with Crippen molar-refractivity contribution in [1.82, 2.24) is 24.2 Å². The van der Waals surface area contributed by atoms with Gasteiger partial charge in [-0.1, -0.05) is 20.8 Å². The maximum atomic E-state index is 12.2. The number of aromatic nitrogens is 4. The van der Waals surface area contributed by atoms with E-state index in [-0.39, 0.29) is 16.7 Å². The molecular formula is C20H29N5O2. The van der Waals surface area contributed by atoms with Gasteiger partial charge < -0.3 is 4.57 Å². The number of likely N-dealkylation sites (tertiary alicyclic amines) is 1. The molecule has 0 amide bonds. The SMILES string of the molecule is Cn1cc(CN2CCC(Cn3nc(C(C)(C)C)ccc3=O)CC2)cnc1=O. The number of aryl methyl sites for hydroxylation is 1. The Labute approximate surface area is 159 Å². The molecule has 2 aromatic rings. The first kappa shape index (κ1) is 19.5. The summed E-state index contributed by atoms with van der Waals surface area (Å²) in [7, 11) is 1.72. The third-order valence-corrected chi connectivity index (χ3v) is 5.18. The first-order chi connectivity index (χ1) is 12.7. The van der Waals surface area contributed by atoms with Gasteiger partial charge in [0.25, 0.3) is 5.56 Å². The number of hydrogen-bond donors (Lipinski definition) is 0. The molecule has 0 saturated carbocycles. The fourth-order valence-electron chi connectivity index (χ4n) is 3.46. The van der Waals surface area contributed by atoms with Gasteiger partial charge in [0.2, 0.25) is 0 Å². The van der Waals surface area contributed by atoms with E-state index in [1.165, 1.54) is 4.57 Å². The molecule has 0 unspecified atom stereocenters. The van der Waals surface area contributed by atoms with Gasteiger partial charge in [0.15, 0.2) is 0 Å². The lowest BCUT2D eigenvalue weighted by molar-refractivity contribution is 0.162. The Morgan fingerprint density at radius 1 is 1.15 bits per heavy atom. The minimum absolute atomic E-state index is 0.0262. The molecule has 0 aromatic carbocycles. The second-order valence-corrected chi connectivity index (χ2v) is 8.56. The number of hydrogen-bond acceptors (Lipinski definition) is 5. The zero-order valence-corrected chi connectivity index (χ0v) is 16.7. The van der Waals surface area contributed by atoms with Crippen molar-refractivity contribution < 1.29 is 0 Å². The lowest BCUT2D eigenvalue weighted by Gasteiger charge is -2.32. The molecule has 7 nitrogen and oxygen atoms in total. The molecule has 0 spiro atoms. The van der Waals surface area contributed by atoms with Crippen LogP contribution in [0.25, 0.3) is 0 Å². The summed E-state index contributed by atoms with van der Waals surface area (Å²) >= 11 is 0. The Morgan fingerprint density at radius 3 is 2.48 bits per heavy atom. The molecule has 1 fully saturated rings. The second-order valence-electron chi connectivity index (χ2n) is 8.56. The first-order valence-electron chi connectivity index (χ1n) is 9.55. The number of piperidine rings is 1. The van der Waals surface area contributed by atoms with Gasteiger partial charge in [-0.3, -0.25) is 9.69 Å². The van der Waals surface area contributed by atoms with Gasteiger partial charge in [-0.25, -0.2) is 14.5 Å². The van der Waals surface area contributed by atoms with E-state index >= 15 is 0 Å². The topological polar surface area (TPSA) is 73.0 Å². The van der Waals surface area contributed by atoms with Gasteiger partial charge in [-0.15, -0.1) is 0 Å². The molecule has 2 aromatic heterocycles. The molecule has 1 aliphatic heterocycles. The van der Waals surface area contributed by atoms with E-state index in [9.17, 15) is 9.59 Å². The van der Waals surface area contributed by atoms with Gasteiger partial charge in [-0.05, 0) is 37.9 Å². The molecule has 1 aliphatic rings. The van der Waals surface area contributed by atoms with Crippen LogP contribution in [0.15, 0.2) is 34.1 Å². The highest BCUT2D eigenvalue weighted by Gasteiger charge is 2.22. The molecule has 146 valence electrons. The Hall–Kier alpha value is -2.28. The smallest absolute Gasteiger partial charge is 0.302 e. The second kappa shape index (κ2) is 7.76. The monoisotopic (exact) mass is 371 g/mol. The fraction of sp³-hybridized carbons (Fsp3) is 0.600. The van der Waals surface area contributed by atoms with Crippen LogP contribution in [0.3, 0.4) is 0 Å². The lowest BCUT2D eigenvalue weighted by Crippen LogP contribution is -2.37. The van der Waals surface area contributed by atoms with Crippen LogP contribution in [0.4, 0.5) is 0 Å². The van der Waals surface area contributed by atoms with E-state index in [1.807, 2.05) is 12.3 Å². The summed E-state index contributed by atoms with van der Waals surface area (Å²) in [5, 5.41) is 4.59. The van der Waals surface area contributed by atoms with E-state index in [0.717, 1.165) is 43.7 Å². The van der Waals surface area contributed by atoms with Crippen molar-refractivity contribution in [3.63, 3.8) is 0 Å². The summed E-state index contributed by atoms with van der Waals surface area (Å²) in [5.41, 5.74) is 1.67. The summed E-state index contributed by atoms with van der Waals surface area (Å²) in [5.74, 6) is 0.458. The van der Waals surface area contributed by atoms with Crippen molar-refractivity contribution in [3.05, 3.63) is 56.6 Å². The predicted molar refractivity (Wildman–Crippen MR) is 105 cm³/mol. The largest absolute Gasteiger partial charge is 0.347 e. The van der Waals surface area contributed by atoms with E-state index < -0.39 is 0 Å². The highest BCUT2D eigenvalue weighted by atomic mass is 16.1. The Balaban J connectivity index is 1.59. The summed E-state index contributed by atoms with van der Waals surface area (Å²) in [6.07, 6.45) is 5.58. The Morgan fingerprint density at radius 2 is 1.85 bits per heavy atom. The maximum absolute atomic E-state index is 12.2. The molecule has 0 radical (unpaired) electrons. The molecule has 0 N–H and O–H groups in total. The van der Waals surface area contributed by atoms with E-state index in [1.54, 1.807) is 24.0 Å². The molecule has 0 aliphatic carbocycles. The third kappa shape index (κ3) is 4.91. The highest BCUT2D eigenvalue weighted by Crippen LogP contribution is 2.21. The van der Waals surface area contributed by atoms with Gasteiger partial charge >= 0.3 is 5.69 Å². The number of nitrogens with zero attached hydrogens (tertiary/aromatic N) is 5. The first-order valence-corrected chi connectivity index (χ1v) is 9.55. The molecule has 3 heterocycles. The molecule has 0 atom stereocenters. The minimum atomic E-state index is -0.229. The van der Waals surface area contributed by atoms with Crippen LogP contribution >= 0.6 is 0 Å². The summed E-state index contributed by atoms with van der Waals surface area (Å²) in [6, 6.07) is 3.47. The summed E-state index contributed by atoms with van der Waals surface area (Å²) in [6.45, 7) is 9.75. The zero-order chi connectivity index (χ0) is 19.6. The average molecular weight is 371 g/mol. The van der Waals surface area contributed by atoms with Crippen LogP contribution in [-0.2, 0) is 25.6 Å². The van der Waals surface area contributed by atoms with Crippen LogP contribution in [0.2, 0.25) is 0 Å². The van der Waals surface area contributed by atoms with Crippen molar-refractivity contribution in [2.24, 2.45) is 13.0 Å². The van der Waals surface area contributed by atoms with Crippen LogP contribution in [0, 0.1) is 5.92 Å². The summed E-state index contributed by atoms with van der Waals surface area (Å²) in [4.78, 5) is 29.9. The highest BCUT2D eigenvalue weighted by molar-refractivity contribution is 5.10. The van der Waals surface area contributed by atoms with Crippen LogP contribution < -0.4 is 11.2 Å². The molecule has 3 rings (SSSR count). The molecular weight excluding hydrogens is 342 g/mol. The van der Waals surface area contributed by atoms with Crippen molar-refractivity contribution >= 4 is 0 Å². The Bertz CT molecular complexity index is 902. The number of rotatable bonds is 4. The van der Waals surface area contributed by atoms with Crippen LogP contribution in [-0.4, -0.2) is 37.3 Å². The van der Waals surface area contributed by atoms with Crippen molar-refractivity contribution in [2.75, 3.05) is 13.1 Å². The fourth-order valence-corrected chi connectivity index (χ4v) is 3.46. The molecule has 1 saturated heterocycles. The molecule has 0 bridgehead atoms. The van der Waals surface area contributed by atoms with E-state index in [0.29, 0.717) is 12.5 Å². The Kier molecular flexibility index (Phi) is 5.60. The van der Waals surface area contributed by atoms with Crippen molar-refractivity contribution in [2.45, 2.75) is 52.1 Å². The van der Waals surface area contributed by atoms with Gasteiger partial charge in [0.05, 0.1) is 5.69 Å². The minimum Gasteiger partial charge on any atom is -0.302 e. The standard InChI is InChI=1S/C20H29N5O2/c1-20(2,3)17-5-6-18(26)25(22-17)14-15-7-9-24(10-8-15)13-16-11-21-19(27)23(4)12-16/h5-6,11-12,15H,7-10,13-14H2,1-4H3. The van der Waals surface area contributed by atoms with Crippen molar-refractivity contribution in [1.29, 1.82) is 0 Å². The normalized spacial score (nSPS) is 16.6. The van der Waals surface area contributed by atoms with E-state index in [4.69, 9.17) is 0 Å². The maximum Gasteiger partial charge on any atom is 0.347 e. The average Bonchev–Trinajstić information content (AvgIpc) is 2.61. The lowest BCUT2D eigenvalue weighted by atomic mass is 9.92. The van der Waals surface area contributed by atoms with Gasteiger partial charge in [-0.2, -0.15) is 5.10 Å². The van der Waals surface area contributed by atoms with Crippen LogP contribution in [0.5, 0.6) is 0 Å². The van der Waals surface area contributed by atoms with Gasteiger partial charge in [0, 0.05) is 49.6 Å². The summed E-state index contributed by atoms with van der Waals surface area (Å²) < 4.78 is 3.15. The quantitative estimate of drug-likeness (QED) is 0.815. The predicted octanol–water partition coefficient (Wildman–Crippen LogP) is 1.55. The zero-order valence-electron chi connectivity index (χ0n) is 16.7. The van der Waals surface area contributed by atoms with Gasteiger partial charge in [0.1, 0.15) is 0 Å².